The van der Waals surface area contributed by atoms with E-state index in [4.69, 9.17) is 0 Å². The van der Waals surface area contributed by atoms with Gasteiger partial charge in [-0.05, 0) is 31.5 Å². The topological polar surface area (TPSA) is 52.6 Å². The summed E-state index contributed by atoms with van der Waals surface area (Å²) < 4.78 is 0. The van der Waals surface area contributed by atoms with Crippen LogP contribution in [0.5, 0.6) is 0 Å². The summed E-state index contributed by atoms with van der Waals surface area (Å²) in [6, 6.07) is 9.48. The molecule has 2 N–H and O–H groups in total. The molecule has 4 nitrogen and oxygen atoms in total. The van der Waals surface area contributed by atoms with Gasteiger partial charge < -0.3 is 15.3 Å². The molecule has 1 saturated heterocycles. The molecule has 1 amide bonds. The van der Waals surface area contributed by atoms with Gasteiger partial charge in [0.2, 0.25) is 5.91 Å². The van der Waals surface area contributed by atoms with Gasteiger partial charge in [0.15, 0.2) is 0 Å². The van der Waals surface area contributed by atoms with E-state index in [9.17, 15) is 9.90 Å². The zero-order valence-electron chi connectivity index (χ0n) is 10.5. The predicted molar refractivity (Wildman–Crippen MR) is 71.4 cm³/mol. The highest BCUT2D eigenvalue weighted by atomic mass is 16.3. The van der Waals surface area contributed by atoms with Gasteiger partial charge in [-0.15, -0.1) is 0 Å². The minimum absolute atomic E-state index is 0.0289. The van der Waals surface area contributed by atoms with Gasteiger partial charge in [0.1, 0.15) is 0 Å². The highest BCUT2D eigenvalue weighted by molar-refractivity contribution is 5.90. The van der Waals surface area contributed by atoms with Gasteiger partial charge in [0.05, 0.1) is 6.10 Å². The molecule has 1 aliphatic rings. The number of amides is 1. The van der Waals surface area contributed by atoms with Crippen molar-refractivity contribution in [1.29, 1.82) is 0 Å². The van der Waals surface area contributed by atoms with Crippen LogP contribution in [0.25, 0.3) is 0 Å². The maximum Gasteiger partial charge on any atom is 0.225 e. The Balaban J connectivity index is 1.71. The Labute approximate surface area is 108 Å². The first-order valence-electron chi connectivity index (χ1n) is 6.49. The van der Waals surface area contributed by atoms with E-state index < -0.39 is 0 Å². The van der Waals surface area contributed by atoms with Crippen molar-refractivity contribution in [2.75, 3.05) is 25.0 Å². The zero-order chi connectivity index (χ0) is 12.8. The predicted octanol–water partition coefficient (Wildman–Crippen LogP) is 1.47. The molecule has 98 valence electrons. The van der Waals surface area contributed by atoms with Gasteiger partial charge in [0.25, 0.3) is 0 Å². The Morgan fingerprint density at radius 2 is 2.17 bits per heavy atom. The van der Waals surface area contributed by atoms with E-state index in [1.165, 1.54) is 0 Å². The van der Waals surface area contributed by atoms with Crippen molar-refractivity contribution in [3.8, 4) is 0 Å². The average Bonchev–Trinajstić information content (AvgIpc) is 2.38. The number of anilines is 1. The second kappa shape index (κ2) is 6.52. The Hall–Kier alpha value is -1.39. The summed E-state index contributed by atoms with van der Waals surface area (Å²) in [6.07, 6.45) is 2.14. The number of nitrogens with one attached hydrogen (secondary N) is 1. The molecule has 18 heavy (non-hydrogen) atoms. The fourth-order valence-electron chi connectivity index (χ4n) is 2.24. The molecule has 0 bridgehead atoms. The van der Waals surface area contributed by atoms with Gasteiger partial charge in [-0.2, -0.15) is 0 Å². The van der Waals surface area contributed by atoms with Crippen molar-refractivity contribution in [3.05, 3.63) is 30.3 Å². The number of hydrogen-bond donors (Lipinski definition) is 2. The molecule has 0 aromatic heterocycles. The number of hydrogen-bond acceptors (Lipinski definition) is 3. The van der Waals surface area contributed by atoms with Gasteiger partial charge in [-0.3, -0.25) is 4.79 Å². The van der Waals surface area contributed by atoms with Crippen molar-refractivity contribution < 1.29 is 9.90 Å². The minimum atomic E-state index is -0.226. The third-order valence-electron chi connectivity index (χ3n) is 3.19. The monoisotopic (exact) mass is 248 g/mol. The maximum atomic E-state index is 11.7. The van der Waals surface area contributed by atoms with Crippen molar-refractivity contribution in [1.82, 2.24) is 4.90 Å². The van der Waals surface area contributed by atoms with E-state index in [1.54, 1.807) is 0 Å². The molecule has 0 aliphatic carbocycles. The number of β-amino-alcohol motifs (C(OH)–C–C–N with tert-alkyl or cyclic N) is 1. The number of carbonyl (C=O) groups is 1. The molecule has 1 aliphatic heterocycles. The summed E-state index contributed by atoms with van der Waals surface area (Å²) in [6.45, 7) is 2.39. The second-order valence-electron chi connectivity index (χ2n) is 4.76. The van der Waals surface area contributed by atoms with Crippen LogP contribution in [0.3, 0.4) is 0 Å². The fourth-order valence-corrected chi connectivity index (χ4v) is 2.24. The fraction of sp³-hybridized carbons (Fsp3) is 0.500. The van der Waals surface area contributed by atoms with E-state index in [-0.39, 0.29) is 12.0 Å². The van der Waals surface area contributed by atoms with Gasteiger partial charge in [-0.25, -0.2) is 0 Å². The number of benzene rings is 1. The molecule has 1 aromatic rings. The molecule has 1 atom stereocenters. The van der Waals surface area contributed by atoms with Crippen molar-refractivity contribution >= 4 is 11.6 Å². The second-order valence-corrected chi connectivity index (χ2v) is 4.76. The Morgan fingerprint density at radius 1 is 1.39 bits per heavy atom. The van der Waals surface area contributed by atoms with Crippen LogP contribution in [0.1, 0.15) is 19.3 Å². The number of likely N-dealkylation sites (tertiary alicyclic amines) is 1. The molecule has 2 rings (SSSR count). The van der Waals surface area contributed by atoms with Crippen LogP contribution in [0.4, 0.5) is 5.69 Å². The standard InChI is InChI=1S/C14H20N2O2/c17-13-7-4-9-16(11-13)10-8-14(18)15-12-5-2-1-3-6-12/h1-3,5-6,13,17H,4,7-11H2,(H,15,18). The normalized spacial score (nSPS) is 20.6. The van der Waals surface area contributed by atoms with Crippen LogP contribution in [-0.2, 0) is 4.79 Å². The third kappa shape index (κ3) is 4.13. The van der Waals surface area contributed by atoms with Crippen LogP contribution in [-0.4, -0.2) is 41.7 Å². The van der Waals surface area contributed by atoms with E-state index in [1.807, 2.05) is 30.3 Å². The van der Waals surface area contributed by atoms with Crippen molar-refractivity contribution in [2.24, 2.45) is 0 Å². The lowest BCUT2D eigenvalue weighted by Gasteiger charge is -2.29. The lowest BCUT2D eigenvalue weighted by molar-refractivity contribution is -0.116. The quantitative estimate of drug-likeness (QED) is 0.848. The lowest BCUT2D eigenvalue weighted by Crippen LogP contribution is -2.39. The molecular weight excluding hydrogens is 228 g/mol. The molecule has 1 fully saturated rings. The van der Waals surface area contributed by atoms with E-state index in [0.717, 1.165) is 31.6 Å². The van der Waals surface area contributed by atoms with Gasteiger partial charge in [0, 0.05) is 25.2 Å². The first-order chi connectivity index (χ1) is 8.74. The van der Waals surface area contributed by atoms with Crippen LogP contribution < -0.4 is 5.32 Å². The first kappa shape index (κ1) is 13.1. The Kier molecular flexibility index (Phi) is 4.73. The molecule has 1 aromatic carbocycles. The van der Waals surface area contributed by atoms with Crippen LogP contribution in [0.15, 0.2) is 30.3 Å². The highest BCUT2D eigenvalue weighted by Crippen LogP contribution is 2.10. The summed E-state index contributed by atoms with van der Waals surface area (Å²) in [5, 5.41) is 12.4. The number of aliphatic hydroxyl groups excluding tert-OH is 1. The lowest BCUT2D eigenvalue weighted by atomic mass is 10.1. The van der Waals surface area contributed by atoms with Crippen molar-refractivity contribution in [3.63, 3.8) is 0 Å². The average molecular weight is 248 g/mol. The van der Waals surface area contributed by atoms with E-state index >= 15 is 0 Å². The van der Waals surface area contributed by atoms with E-state index in [2.05, 4.69) is 10.2 Å². The smallest absolute Gasteiger partial charge is 0.225 e. The van der Waals surface area contributed by atoms with E-state index in [0.29, 0.717) is 13.0 Å². The van der Waals surface area contributed by atoms with Crippen LogP contribution in [0.2, 0.25) is 0 Å². The largest absolute Gasteiger partial charge is 0.392 e. The Bertz CT molecular complexity index is 381. The van der Waals surface area contributed by atoms with Crippen molar-refractivity contribution in [2.45, 2.75) is 25.4 Å². The van der Waals surface area contributed by atoms with Crippen LogP contribution in [0, 0.1) is 0 Å². The summed E-state index contributed by atoms with van der Waals surface area (Å²) in [5.74, 6) is 0.0289. The summed E-state index contributed by atoms with van der Waals surface area (Å²) in [7, 11) is 0. The SMILES string of the molecule is O=C(CCN1CCCC(O)C1)Nc1ccccc1. The minimum Gasteiger partial charge on any atom is -0.392 e. The molecule has 1 heterocycles. The number of nitrogens with zero attached hydrogens (tertiary/aromatic N) is 1. The van der Waals surface area contributed by atoms with Gasteiger partial charge in [-0.1, -0.05) is 18.2 Å². The number of rotatable bonds is 4. The molecule has 0 spiro atoms. The zero-order valence-corrected chi connectivity index (χ0v) is 10.5. The number of carbonyl (C=O) groups excluding carboxylic acids is 1. The number of piperidine rings is 1. The summed E-state index contributed by atoms with van der Waals surface area (Å²) in [5.41, 5.74) is 0.834. The summed E-state index contributed by atoms with van der Waals surface area (Å²) in [4.78, 5) is 13.9. The van der Waals surface area contributed by atoms with Crippen LogP contribution >= 0.6 is 0 Å². The molecule has 0 radical (unpaired) electrons. The van der Waals surface area contributed by atoms with Gasteiger partial charge >= 0.3 is 0 Å². The molecule has 4 heteroatoms. The number of aliphatic hydroxyl groups is 1. The molecule has 1 unspecified atom stereocenters. The molecule has 0 saturated carbocycles. The maximum absolute atomic E-state index is 11.7. The summed E-state index contributed by atoms with van der Waals surface area (Å²) >= 11 is 0. The highest BCUT2D eigenvalue weighted by Gasteiger charge is 2.17. The molecular formula is C14H20N2O2. The third-order valence-corrected chi connectivity index (χ3v) is 3.19. The number of para-hydroxylation sites is 1. The first-order valence-corrected chi connectivity index (χ1v) is 6.49. The Morgan fingerprint density at radius 3 is 2.89 bits per heavy atom.